The maximum Gasteiger partial charge on any atom is 0.416 e. The molecule has 3 nitrogen and oxygen atoms in total. The maximum absolute atomic E-state index is 14.0. The average Bonchev–Trinajstić information content (AvgIpc) is 3.17. The number of fused-ring (bicyclic) bond motifs is 1. The number of nitrogens with zero attached hydrogens (tertiary/aromatic N) is 1. The molecule has 0 bridgehead atoms. The summed E-state index contributed by atoms with van der Waals surface area (Å²) < 4.78 is 43.9. The van der Waals surface area contributed by atoms with Crippen LogP contribution in [0, 0.1) is 0 Å². The van der Waals surface area contributed by atoms with E-state index in [2.05, 4.69) is 0 Å². The SMILES string of the molecule is CCCC(c1ccccc1C(F)(F)F)n1cc(-c2ccc(Cl)cc2Cl)c2c1C(CC(=O)O)CCC2. The van der Waals surface area contributed by atoms with Crippen LogP contribution >= 0.6 is 23.2 Å². The molecule has 2 aromatic carbocycles. The first-order valence-electron chi connectivity index (χ1n) is 11.7. The van der Waals surface area contributed by atoms with Crippen LogP contribution in [0.15, 0.2) is 48.7 Å². The summed E-state index contributed by atoms with van der Waals surface area (Å²) in [6, 6.07) is 10.2. The van der Waals surface area contributed by atoms with Gasteiger partial charge in [-0.3, -0.25) is 4.79 Å². The molecule has 3 aromatic rings. The van der Waals surface area contributed by atoms with Crippen LogP contribution < -0.4 is 0 Å². The summed E-state index contributed by atoms with van der Waals surface area (Å²) in [4.78, 5) is 11.7. The third-order valence-electron chi connectivity index (χ3n) is 6.71. The van der Waals surface area contributed by atoms with Gasteiger partial charge in [-0.05, 0) is 55.0 Å². The number of alkyl halides is 3. The zero-order valence-electron chi connectivity index (χ0n) is 19.2. The fourth-order valence-electron chi connectivity index (χ4n) is 5.33. The molecule has 2 atom stereocenters. The van der Waals surface area contributed by atoms with Gasteiger partial charge in [0.05, 0.1) is 18.0 Å². The van der Waals surface area contributed by atoms with Gasteiger partial charge in [-0.2, -0.15) is 13.2 Å². The lowest BCUT2D eigenvalue weighted by Gasteiger charge is -2.30. The number of rotatable bonds is 7. The molecule has 1 heterocycles. The van der Waals surface area contributed by atoms with E-state index in [-0.39, 0.29) is 17.9 Å². The summed E-state index contributed by atoms with van der Waals surface area (Å²) in [5, 5.41) is 10.5. The van der Waals surface area contributed by atoms with Crippen molar-refractivity contribution in [3.63, 3.8) is 0 Å². The second-order valence-corrected chi connectivity index (χ2v) is 9.86. The van der Waals surface area contributed by atoms with Crippen molar-refractivity contribution >= 4 is 29.2 Å². The summed E-state index contributed by atoms with van der Waals surface area (Å²) in [7, 11) is 0. The van der Waals surface area contributed by atoms with Gasteiger partial charge in [0.2, 0.25) is 0 Å². The number of aliphatic carboxylic acids is 1. The second-order valence-electron chi connectivity index (χ2n) is 9.01. The molecule has 4 rings (SSSR count). The van der Waals surface area contributed by atoms with Gasteiger partial charge in [0.1, 0.15) is 0 Å². The van der Waals surface area contributed by atoms with Crippen molar-refractivity contribution in [1.29, 1.82) is 0 Å². The Kier molecular flexibility index (Phi) is 7.53. The van der Waals surface area contributed by atoms with Crippen molar-refractivity contribution in [2.75, 3.05) is 0 Å². The van der Waals surface area contributed by atoms with E-state index in [1.165, 1.54) is 12.1 Å². The van der Waals surface area contributed by atoms with Crippen molar-refractivity contribution in [1.82, 2.24) is 4.57 Å². The lowest BCUT2D eigenvalue weighted by Crippen LogP contribution is -2.22. The Morgan fingerprint density at radius 1 is 1.17 bits per heavy atom. The largest absolute Gasteiger partial charge is 0.481 e. The van der Waals surface area contributed by atoms with E-state index < -0.39 is 23.8 Å². The van der Waals surface area contributed by atoms with E-state index in [0.717, 1.165) is 34.9 Å². The van der Waals surface area contributed by atoms with Gasteiger partial charge in [0.15, 0.2) is 0 Å². The average molecular weight is 524 g/mol. The van der Waals surface area contributed by atoms with Gasteiger partial charge in [0.25, 0.3) is 0 Å². The smallest absolute Gasteiger partial charge is 0.416 e. The topological polar surface area (TPSA) is 42.2 Å². The van der Waals surface area contributed by atoms with Crippen LogP contribution in [-0.4, -0.2) is 15.6 Å². The lowest BCUT2D eigenvalue weighted by molar-refractivity contribution is -0.138. The molecule has 0 fully saturated rings. The molecule has 1 aliphatic rings. The Morgan fingerprint density at radius 2 is 1.91 bits per heavy atom. The first-order chi connectivity index (χ1) is 16.6. The van der Waals surface area contributed by atoms with E-state index in [1.807, 2.05) is 23.8 Å². The van der Waals surface area contributed by atoms with E-state index in [9.17, 15) is 23.1 Å². The predicted molar refractivity (Wildman–Crippen MR) is 132 cm³/mol. The Balaban J connectivity index is 1.98. The highest BCUT2D eigenvalue weighted by Gasteiger charge is 2.37. The fourth-order valence-corrected chi connectivity index (χ4v) is 5.84. The van der Waals surface area contributed by atoms with Gasteiger partial charge < -0.3 is 9.67 Å². The quantitative estimate of drug-likeness (QED) is 0.336. The van der Waals surface area contributed by atoms with E-state index in [4.69, 9.17) is 23.2 Å². The zero-order valence-corrected chi connectivity index (χ0v) is 20.7. The highest BCUT2D eigenvalue weighted by atomic mass is 35.5. The van der Waals surface area contributed by atoms with Crippen molar-refractivity contribution in [3.8, 4) is 11.1 Å². The Labute approximate surface area is 212 Å². The normalized spacial score (nSPS) is 16.7. The van der Waals surface area contributed by atoms with Gasteiger partial charge in [-0.1, -0.05) is 60.8 Å². The first kappa shape index (κ1) is 25.6. The summed E-state index contributed by atoms with van der Waals surface area (Å²) in [6.45, 7) is 1.94. The second kappa shape index (κ2) is 10.3. The van der Waals surface area contributed by atoms with E-state index in [1.54, 1.807) is 18.2 Å². The number of carboxylic acid groups (broad SMARTS) is 1. The molecule has 2 unspecified atom stereocenters. The van der Waals surface area contributed by atoms with Crippen LogP contribution in [0.5, 0.6) is 0 Å². The van der Waals surface area contributed by atoms with Gasteiger partial charge in [-0.25, -0.2) is 0 Å². The monoisotopic (exact) mass is 523 g/mol. The molecule has 186 valence electrons. The molecule has 8 heteroatoms. The summed E-state index contributed by atoms with van der Waals surface area (Å²) >= 11 is 12.6. The molecule has 0 radical (unpaired) electrons. The van der Waals surface area contributed by atoms with Gasteiger partial charge in [-0.15, -0.1) is 0 Å². The molecule has 0 aliphatic heterocycles. The van der Waals surface area contributed by atoms with Crippen molar-refractivity contribution < 1.29 is 23.1 Å². The molecule has 0 saturated carbocycles. The molecule has 0 saturated heterocycles. The van der Waals surface area contributed by atoms with Crippen molar-refractivity contribution in [2.45, 2.75) is 63.6 Å². The number of halogens is 5. The Hall–Kier alpha value is -2.44. The summed E-state index contributed by atoms with van der Waals surface area (Å²) in [5.74, 6) is -1.22. The maximum atomic E-state index is 14.0. The van der Waals surface area contributed by atoms with E-state index >= 15 is 0 Å². The lowest BCUT2D eigenvalue weighted by atomic mass is 9.83. The molecule has 0 amide bonds. The minimum absolute atomic E-state index is 0.0788. The van der Waals surface area contributed by atoms with Crippen LogP contribution in [-0.2, 0) is 17.4 Å². The fraction of sp³-hybridized carbons (Fsp3) is 0.370. The molecular weight excluding hydrogens is 498 g/mol. The highest BCUT2D eigenvalue weighted by Crippen LogP contribution is 2.46. The highest BCUT2D eigenvalue weighted by molar-refractivity contribution is 6.36. The minimum atomic E-state index is -4.50. The number of hydrogen-bond acceptors (Lipinski definition) is 1. The van der Waals surface area contributed by atoms with Crippen molar-refractivity contribution in [2.24, 2.45) is 0 Å². The van der Waals surface area contributed by atoms with Crippen LogP contribution in [0.2, 0.25) is 10.0 Å². The Bertz CT molecular complexity index is 1240. The molecular formula is C27H26Cl2F3NO2. The van der Waals surface area contributed by atoms with E-state index in [0.29, 0.717) is 35.7 Å². The van der Waals surface area contributed by atoms with Crippen LogP contribution in [0.4, 0.5) is 13.2 Å². The zero-order chi connectivity index (χ0) is 25.3. The van der Waals surface area contributed by atoms with Crippen molar-refractivity contribution in [3.05, 3.63) is 81.1 Å². The van der Waals surface area contributed by atoms with Crippen LogP contribution in [0.25, 0.3) is 11.1 Å². The predicted octanol–water partition coefficient (Wildman–Crippen LogP) is 8.76. The first-order valence-corrected chi connectivity index (χ1v) is 12.4. The number of aromatic nitrogens is 1. The molecule has 35 heavy (non-hydrogen) atoms. The summed E-state index contributed by atoms with van der Waals surface area (Å²) in [6.07, 6.45) is 0.580. The number of carboxylic acids is 1. The third kappa shape index (κ3) is 5.24. The number of carbonyl (C=O) groups is 1. The molecule has 1 aliphatic carbocycles. The molecule has 1 aromatic heterocycles. The number of benzene rings is 2. The van der Waals surface area contributed by atoms with Crippen LogP contribution in [0.1, 0.15) is 73.4 Å². The number of hydrogen-bond donors (Lipinski definition) is 1. The molecule has 0 spiro atoms. The minimum Gasteiger partial charge on any atom is -0.481 e. The standard InChI is InChI=1S/C27H26Cl2F3NO2/c1-2-6-24(20-8-3-4-10-22(20)27(30,31)32)33-15-21(18-12-11-17(28)14-23(18)29)19-9-5-7-16(26(19)33)13-25(34)35/h3-4,8,10-12,14-16,24H,2,5-7,9,13H2,1H3,(H,34,35). The van der Waals surface area contributed by atoms with Gasteiger partial charge >= 0.3 is 12.1 Å². The summed E-state index contributed by atoms with van der Waals surface area (Å²) in [5.41, 5.74) is 2.83. The Morgan fingerprint density at radius 3 is 2.57 bits per heavy atom. The third-order valence-corrected chi connectivity index (χ3v) is 7.26. The van der Waals surface area contributed by atoms with Gasteiger partial charge in [0, 0.05) is 39.0 Å². The molecule has 1 N–H and O–H groups in total. The van der Waals surface area contributed by atoms with Crippen LogP contribution in [0.3, 0.4) is 0 Å².